The molecule has 4 nitrogen and oxygen atoms in total. The van der Waals surface area contributed by atoms with Gasteiger partial charge in [-0.3, -0.25) is 4.79 Å². The summed E-state index contributed by atoms with van der Waals surface area (Å²) in [5.41, 5.74) is 0.801. The predicted octanol–water partition coefficient (Wildman–Crippen LogP) is 4.42. The van der Waals surface area contributed by atoms with Crippen LogP contribution in [0.1, 0.15) is 53.7 Å². The molecule has 2 aromatic rings. The zero-order chi connectivity index (χ0) is 15.7. The molecule has 1 amide bonds. The molecule has 0 spiro atoms. The maximum absolute atomic E-state index is 12.9. The molecule has 3 rings (SSSR count). The van der Waals surface area contributed by atoms with Gasteiger partial charge in [0.05, 0.1) is 5.69 Å². The van der Waals surface area contributed by atoms with Crippen LogP contribution in [0, 0.1) is 13.8 Å². The van der Waals surface area contributed by atoms with Gasteiger partial charge in [0, 0.05) is 12.6 Å². The molecular formula is C17H22N2O2S. The number of carbonyl (C=O) groups is 1. The van der Waals surface area contributed by atoms with Gasteiger partial charge >= 0.3 is 0 Å². The standard InChI is InChI=1S/C17H22N2O2S/c1-4-19(13-7-5-6-8-13)17(20)15-12(3)18-16(22-15)14-10-9-11(2)21-14/h9-10,13H,4-8H2,1-3H3. The van der Waals surface area contributed by atoms with Gasteiger partial charge in [-0.1, -0.05) is 12.8 Å². The van der Waals surface area contributed by atoms with Crippen LogP contribution in [0.5, 0.6) is 0 Å². The number of aromatic nitrogens is 1. The highest BCUT2D eigenvalue weighted by Crippen LogP contribution is 2.32. The van der Waals surface area contributed by atoms with Crippen molar-refractivity contribution < 1.29 is 9.21 Å². The highest BCUT2D eigenvalue weighted by molar-refractivity contribution is 7.17. The number of hydrogen-bond donors (Lipinski definition) is 0. The van der Waals surface area contributed by atoms with E-state index >= 15 is 0 Å². The second kappa shape index (κ2) is 6.24. The Hall–Kier alpha value is -1.62. The van der Waals surface area contributed by atoms with Gasteiger partial charge in [-0.05, 0) is 45.7 Å². The number of amides is 1. The molecule has 0 bridgehead atoms. The molecule has 0 atom stereocenters. The van der Waals surface area contributed by atoms with E-state index in [2.05, 4.69) is 11.9 Å². The monoisotopic (exact) mass is 318 g/mol. The van der Waals surface area contributed by atoms with Gasteiger partial charge < -0.3 is 9.32 Å². The van der Waals surface area contributed by atoms with Gasteiger partial charge in [-0.15, -0.1) is 11.3 Å². The van der Waals surface area contributed by atoms with Crippen LogP contribution in [0.4, 0.5) is 0 Å². The Morgan fingerprint density at radius 1 is 1.36 bits per heavy atom. The Kier molecular flexibility index (Phi) is 4.34. The predicted molar refractivity (Wildman–Crippen MR) is 88.3 cm³/mol. The van der Waals surface area contributed by atoms with Crippen molar-refractivity contribution >= 4 is 17.2 Å². The lowest BCUT2D eigenvalue weighted by Gasteiger charge is -2.27. The molecule has 0 N–H and O–H groups in total. The van der Waals surface area contributed by atoms with Crippen molar-refractivity contribution in [3.63, 3.8) is 0 Å². The van der Waals surface area contributed by atoms with Crippen LogP contribution < -0.4 is 0 Å². The molecule has 0 unspecified atom stereocenters. The Bertz CT molecular complexity index is 668. The van der Waals surface area contributed by atoms with Crippen LogP contribution in [-0.4, -0.2) is 28.4 Å². The maximum atomic E-state index is 12.9. The summed E-state index contributed by atoms with van der Waals surface area (Å²) >= 11 is 1.44. The minimum atomic E-state index is 0.124. The quantitative estimate of drug-likeness (QED) is 0.838. The van der Waals surface area contributed by atoms with Gasteiger partial charge in [0.25, 0.3) is 5.91 Å². The molecule has 118 valence electrons. The number of carbonyl (C=O) groups excluding carboxylic acids is 1. The number of thiazole rings is 1. The second-order valence-corrected chi connectivity index (χ2v) is 6.87. The molecule has 0 radical (unpaired) electrons. The zero-order valence-electron chi connectivity index (χ0n) is 13.4. The molecule has 0 saturated heterocycles. The Labute approximate surface area is 135 Å². The van der Waals surface area contributed by atoms with E-state index in [1.165, 1.54) is 24.2 Å². The lowest BCUT2D eigenvalue weighted by Crippen LogP contribution is -2.38. The fourth-order valence-corrected chi connectivity index (χ4v) is 4.15. The van der Waals surface area contributed by atoms with Crippen LogP contribution in [0.3, 0.4) is 0 Å². The van der Waals surface area contributed by atoms with E-state index in [1.54, 1.807) is 0 Å². The van der Waals surface area contributed by atoms with Crippen LogP contribution >= 0.6 is 11.3 Å². The Morgan fingerprint density at radius 3 is 2.68 bits per heavy atom. The van der Waals surface area contributed by atoms with E-state index < -0.39 is 0 Å². The van der Waals surface area contributed by atoms with Crippen molar-refractivity contribution in [1.29, 1.82) is 0 Å². The summed E-state index contributed by atoms with van der Waals surface area (Å²) in [6, 6.07) is 4.23. The topological polar surface area (TPSA) is 46.3 Å². The summed E-state index contributed by atoms with van der Waals surface area (Å²) in [6.45, 7) is 6.64. The van der Waals surface area contributed by atoms with Crippen molar-refractivity contribution in [2.75, 3.05) is 6.54 Å². The van der Waals surface area contributed by atoms with Gasteiger partial charge in [0.2, 0.25) is 0 Å². The number of rotatable bonds is 4. The fraction of sp³-hybridized carbons (Fsp3) is 0.529. The molecular weight excluding hydrogens is 296 g/mol. The summed E-state index contributed by atoms with van der Waals surface area (Å²) in [5, 5.41) is 0.788. The fourth-order valence-electron chi connectivity index (χ4n) is 3.16. The van der Waals surface area contributed by atoms with Crippen molar-refractivity contribution in [3.8, 4) is 10.8 Å². The third-order valence-electron chi connectivity index (χ3n) is 4.31. The molecule has 1 aliphatic rings. The molecule has 0 aromatic carbocycles. The number of furan rings is 1. The van der Waals surface area contributed by atoms with E-state index in [-0.39, 0.29) is 5.91 Å². The maximum Gasteiger partial charge on any atom is 0.266 e. The first kappa shape index (κ1) is 15.3. The van der Waals surface area contributed by atoms with E-state index in [9.17, 15) is 4.79 Å². The van der Waals surface area contributed by atoms with E-state index in [0.717, 1.165) is 46.5 Å². The zero-order valence-corrected chi connectivity index (χ0v) is 14.2. The SMILES string of the molecule is CCN(C(=O)c1sc(-c2ccc(C)o2)nc1C)C1CCCC1. The molecule has 1 saturated carbocycles. The average Bonchev–Trinajstić information content (AvgIpc) is 3.20. The first-order chi connectivity index (χ1) is 10.6. The first-order valence-corrected chi connectivity index (χ1v) is 8.77. The third-order valence-corrected chi connectivity index (χ3v) is 5.47. The molecule has 1 aliphatic carbocycles. The molecule has 0 aliphatic heterocycles. The number of nitrogens with zero attached hydrogens (tertiary/aromatic N) is 2. The molecule has 1 fully saturated rings. The van der Waals surface area contributed by atoms with Crippen molar-refractivity contribution in [3.05, 3.63) is 28.5 Å². The van der Waals surface area contributed by atoms with Crippen molar-refractivity contribution in [1.82, 2.24) is 9.88 Å². The van der Waals surface area contributed by atoms with Crippen molar-refractivity contribution in [2.24, 2.45) is 0 Å². The molecule has 22 heavy (non-hydrogen) atoms. The van der Waals surface area contributed by atoms with Crippen LogP contribution in [-0.2, 0) is 0 Å². The third kappa shape index (κ3) is 2.82. The van der Waals surface area contributed by atoms with E-state index in [1.807, 2.05) is 30.9 Å². The van der Waals surface area contributed by atoms with Gasteiger partial charge in [-0.2, -0.15) is 0 Å². The van der Waals surface area contributed by atoms with Crippen LogP contribution in [0.25, 0.3) is 10.8 Å². The highest BCUT2D eigenvalue weighted by Gasteiger charge is 2.29. The van der Waals surface area contributed by atoms with Gasteiger partial charge in [0.1, 0.15) is 10.6 Å². The summed E-state index contributed by atoms with van der Waals surface area (Å²) in [6.07, 6.45) is 4.71. The summed E-state index contributed by atoms with van der Waals surface area (Å²) in [5.74, 6) is 1.73. The van der Waals surface area contributed by atoms with Crippen LogP contribution in [0.2, 0.25) is 0 Å². The highest BCUT2D eigenvalue weighted by atomic mass is 32.1. The number of hydrogen-bond acceptors (Lipinski definition) is 4. The largest absolute Gasteiger partial charge is 0.459 e. The van der Waals surface area contributed by atoms with E-state index in [0.29, 0.717) is 6.04 Å². The number of aryl methyl sites for hydroxylation is 2. The van der Waals surface area contributed by atoms with E-state index in [4.69, 9.17) is 4.42 Å². The van der Waals surface area contributed by atoms with Gasteiger partial charge in [-0.25, -0.2) is 4.98 Å². The first-order valence-electron chi connectivity index (χ1n) is 7.95. The molecule has 5 heteroatoms. The summed E-state index contributed by atoms with van der Waals surface area (Å²) < 4.78 is 5.63. The Balaban J connectivity index is 1.87. The minimum Gasteiger partial charge on any atom is -0.459 e. The summed E-state index contributed by atoms with van der Waals surface area (Å²) in [4.78, 5) is 20.2. The van der Waals surface area contributed by atoms with Gasteiger partial charge in [0.15, 0.2) is 10.8 Å². The van der Waals surface area contributed by atoms with Crippen molar-refractivity contribution in [2.45, 2.75) is 52.5 Å². The summed E-state index contributed by atoms with van der Waals surface area (Å²) in [7, 11) is 0. The lowest BCUT2D eigenvalue weighted by atomic mass is 10.2. The van der Waals surface area contributed by atoms with Crippen LogP contribution in [0.15, 0.2) is 16.5 Å². The lowest BCUT2D eigenvalue weighted by molar-refractivity contribution is 0.0697. The average molecular weight is 318 g/mol. The normalized spacial score (nSPS) is 15.4. The second-order valence-electron chi connectivity index (χ2n) is 5.87. The molecule has 2 aromatic heterocycles. The smallest absolute Gasteiger partial charge is 0.266 e. The molecule has 2 heterocycles. The Morgan fingerprint density at radius 2 is 2.09 bits per heavy atom. The minimum absolute atomic E-state index is 0.124.